The number of likely N-dealkylation sites (tertiary alicyclic amines) is 1. The normalized spacial score (nSPS) is 40.2. The maximum absolute atomic E-state index is 14.3. The van der Waals surface area contributed by atoms with Crippen molar-refractivity contribution in [3.63, 3.8) is 0 Å². The van der Waals surface area contributed by atoms with E-state index in [1.807, 2.05) is 0 Å². The Balaban J connectivity index is 0.000000782. The van der Waals surface area contributed by atoms with Crippen LogP contribution in [0.4, 0.5) is 0 Å². The molecule has 5 fully saturated rings. The van der Waals surface area contributed by atoms with Gasteiger partial charge in [0.25, 0.3) is 0 Å². The van der Waals surface area contributed by atoms with Crippen molar-refractivity contribution in [2.24, 2.45) is 29.6 Å². The first-order valence-electron chi connectivity index (χ1n) is 17.7. The number of ketones is 1. The zero-order chi connectivity index (χ0) is 31.3. The number of rotatable bonds is 9. The van der Waals surface area contributed by atoms with Gasteiger partial charge < -0.3 is 15.3 Å². The molecule has 0 spiro atoms. The minimum Gasteiger partial charge on any atom is -0.391 e. The van der Waals surface area contributed by atoms with Crippen molar-refractivity contribution in [2.75, 3.05) is 13.1 Å². The van der Waals surface area contributed by atoms with Gasteiger partial charge in [-0.2, -0.15) is 0 Å². The summed E-state index contributed by atoms with van der Waals surface area (Å²) in [6, 6.07) is 1.55. The molecule has 2 saturated heterocycles. The van der Waals surface area contributed by atoms with Crippen LogP contribution in [0.15, 0.2) is 12.7 Å². The number of halogens is 1. The monoisotopic (exact) mass is 664 g/mol. The maximum Gasteiger partial charge on any atom is 0.227 e. The molecule has 11 atom stereocenters. The fraction of sp³-hybridized carbons (Fsp3) is 0.886. The summed E-state index contributed by atoms with van der Waals surface area (Å²) < 4.78 is 0. The number of alkyl halides is 1. The van der Waals surface area contributed by atoms with Crippen molar-refractivity contribution in [1.82, 2.24) is 20.7 Å². The number of piperidine rings is 1. The highest BCUT2D eigenvalue weighted by Gasteiger charge is 2.54. The predicted octanol–water partition coefficient (Wildman–Crippen LogP) is 5.85. The number of aliphatic hydroxyl groups is 1. The molecule has 0 aromatic heterocycles. The molecule has 7 nitrogen and oxygen atoms in total. The largest absolute Gasteiger partial charge is 0.391 e. The van der Waals surface area contributed by atoms with Gasteiger partial charge in [-0.3, -0.25) is 15.0 Å². The number of aliphatic hydroxyl groups excluding tert-OH is 1. The molecule has 11 unspecified atom stereocenters. The molecule has 8 heteroatoms. The van der Waals surface area contributed by atoms with Crippen molar-refractivity contribution in [3.8, 4) is 0 Å². The van der Waals surface area contributed by atoms with E-state index in [9.17, 15) is 14.7 Å². The fourth-order valence-corrected chi connectivity index (χ4v) is 9.85. The maximum atomic E-state index is 14.3. The van der Waals surface area contributed by atoms with Crippen LogP contribution in [0.5, 0.6) is 0 Å². The van der Waals surface area contributed by atoms with Crippen molar-refractivity contribution < 1.29 is 14.7 Å². The lowest BCUT2D eigenvalue weighted by Gasteiger charge is -2.50. The Kier molecular flexibility index (Phi) is 13.2. The van der Waals surface area contributed by atoms with Gasteiger partial charge in [0, 0.05) is 41.5 Å². The van der Waals surface area contributed by atoms with Crippen molar-refractivity contribution in [1.29, 1.82) is 0 Å². The number of carbonyl (C=O) groups excluding carboxylic acids is 2. The second kappa shape index (κ2) is 16.2. The average Bonchev–Trinajstić information content (AvgIpc) is 3.32. The van der Waals surface area contributed by atoms with E-state index in [1.165, 1.54) is 38.7 Å². The zero-order valence-corrected chi connectivity index (χ0v) is 29.2. The van der Waals surface area contributed by atoms with Crippen LogP contribution < -0.4 is 10.7 Å². The first-order valence-corrected chi connectivity index (χ1v) is 18.6. The van der Waals surface area contributed by atoms with E-state index in [1.54, 1.807) is 0 Å². The molecule has 3 saturated carbocycles. The summed E-state index contributed by atoms with van der Waals surface area (Å²) >= 11 is 3.89. The molecule has 0 bridgehead atoms. The zero-order valence-electron chi connectivity index (χ0n) is 27.6. The highest BCUT2D eigenvalue weighted by atomic mass is 79.9. The lowest BCUT2D eigenvalue weighted by molar-refractivity contribution is -0.145. The molecule has 0 aromatic rings. The van der Waals surface area contributed by atoms with Gasteiger partial charge in [-0.05, 0) is 88.7 Å². The van der Waals surface area contributed by atoms with Crippen LogP contribution in [0.25, 0.3) is 0 Å². The van der Waals surface area contributed by atoms with Gasteiger partial charge >= 0.3 is 0 Å². The third kappa shape index (κ3) is 7.78. The Hall–Kier alpha value is -0.800. The van der Waals surface area contributed by atoms with E-state index >= 15 is 0 Å². The van der Waals surface area contributed by atoms with Crippen LogP contribution in [0.2, 0.25) is 0 Å². The highest BCUT2D eigenvalue weighted by molar-refractivity contribution is 9.09. The summed E-state index contributed by atoms with van der Waals surface area (Å²) in [4.78, 5) is 26.8. The van der Waals surface area contributed by atoms with E-state index in [2.05, 4.69) is 70.9 Å². The molecule has 246 valence electrons. The van der Waals surface area contributed by atoms with E-state index in [-0.39, 0.29) is 35.9 Å². The second-order valence-electron chi connectivity index (χ2n) is 14.2. The van der Waals surface area contributed by atoms with E-state index in [0.717, 1.165) is 76.3 Å². The van der Waals surface area contributed by atoms with Crippen LogP contribution in [0, 0.1) is 29.6 Å². The van der Waals surface area contributed by atoms with Gasteiger partial charge in [-0.1, -0.05) is 75.9 Å². The highest BCUT2D eigenvalue weighted by Crippen LogP contribution is 2.46. The molecule has 5 aliphatic rings. The lowest BCUT2D eigenvalue weighted by Crippen LogP contribution is -2.61. The predicted molar refractivity (Wildman–Crippen MR) is 179 cm³/mol. The van der Waals surface area contributed by atoms with Gasteiger partial charge in [0.15, 0.2) is 5.78 Å². The SMILES string of the molecule is C=CC(C)=O.CCCC1NN(C2CCC(C3CCC3)CC2O)C2CCN(C(=O)C3CCC(Br)C(C)C3NCC)C(CC)C12. The number of carbonyl (C=O) groups is 2. The van der Waals surface area contributed by atoms with Crippen LogP contribution in [0.1, 0.15) is 112 Å². The number of nitrogens with zero attached hydrogens (tertiary/aromatic N) is 2. The standard InChI is InChI=1S/C31H55BrN4O2.C4H6O/c1-5-9-24-29-25(6-2)35(31(38)22-13-14-23(32)19(4)30(22)33-7-3)17-16-27(29)36(34-24)26-15-12-21(18-28(26)37)20-10-8-11-20;1-3-4(2)5/h19-30,33-34,37H,5-18H2,1-4H3;3H,1H2,2H3. The van der Waals surface area contributed by atoms with Crippen molar-refractivity contribution in [2.45, 2.75) is 153 Å². The molecule has 2 aliphatic heterocycles. The number of fused-ring (bicyclic) bond motifs is 1. The summed E-state index contributed by atoms with van der Waals surface area (Å²) in [5.41, 5.74) is 3.97. The van der Waals surface area contributed by atoms with Crippen molar-refractivity contribution >= 4 is 27.6 Å². The third-order valence-electron chi connectivity index (χ3n) is 11.8. The Morgan fingerprint density at radius 2 is 1.77 bits per heavy atom. The van der Waals surface area contributed by atoms with E-state index in [4.69, 9.17) is 0 Å². The van der Waals surface area contributed by atoms with Gasteiger partial charge in [-0.15, -0.1) is 0 Å². The van der Waals surface area contributed by atoms with Crippen molar-refractivity contribution in [3.05, 3.63) is 12.7 Å². The Bertz CT molecular complexity index is 931. The molecular weight excluding hydrogens is 604 g/mol. The van der Waals surface area contributed by atoms with Crippen LogP contribution in [-0.2, 0) is 9.59 Å². The van der Waals surface area contributed by atoms with Gasteiger partial charge in [-0.25, -0.2) is 5.01 Å². The number of hydrazine groups is 1. The smallest absolute Gasteiger partial charge is 0.227 e. The fourth-order valence-electron chi connectivity index (χ4n) is 9.26. The minimum absolute atomic E-state index is 0.0185. The first-order chi connectivity index (χ1) is 20.7. The molecule has 1 amide bonds. The summed E-state index contributed by atoms with van der Waals surface area (Å²) in [7, 11) is 0. The molecule has 5 rings (SSSR count). The molecule has 2 heterocycles. The first kappa shape index (κ1) is 35.1. The number of hydrogen-bond acceptors (Lipinski definition) is 6. The van der Waals surface area contributed by atoms with Crippen LogP contribution >= 0.6 is 15.9 Å². The molecule has 0 radical (unpaired) electrons. The summed E-state index contributed by atoms with van der Waals surface area (Å²) in [6.45, 7) is 15.5. The molecule has 3 N–H and O–H groups in total. The number of hydrogen-bond donors (Lipinski definition) is 3. The topological polar surface area (TPSA) is 84.9 Å². The Morgan fingerprint density at radius 3 is 2.33 bits per heavy atom. The summed E-state index contributed by atoms with van der Waals surface area (Å²) in [5.74, 6) is 2.96. The second-order valence-corrected chi connectivity index (χ2v) is 15.4. The summed E-state index contributed by atoms with van der Waals surface area (Å²) in [5, 5.41) is 17.6. The van der Waals surface area contributed by atoms with Gasteiger partial charge in [0.1, 0.15) is 0 Å². The van der Waals surface area contributed by atoms with Crippen LogP contribution in [-0.4, -0.2) is 80.9 Å². The molecular formula is C35H61BrN4O3. The van der Waals surface area contributed by atoms with Gasteiger partial charge in [0.2, 0.25) is 5.91 Å². The third-order valence-corrected chi connectivity index (χ3v) is 13.0. The lowest BCUT2D eigenvalue weighted by atomic mass is 9.68. The number of amides is 1. The quantitative estimate of drug-likeness (QED) is 0.212. The minimum atomic E-state index is -0.232. The summed E-state index contributed by atoms with van der Waals surface area (Å²) in [6.07, 6.45) is 14.9. The Morgan fingerprint density at radius 1 is 1.05 bits per heavy atom. The molecule has 43 heavy (non-hydrogen) atoms. The van der Waals surface area contributed by atoms with E-state index in [0.29, 0.717) is 34.7 Å². The molecule has 0 aromatic carbocycles. The van der Waals surface area contributed by atoms with Crippen LogP contribution in [0.3, 0.4) is 0 Å². The average molecular weight is 666 g/mol. The molecule has 3 aliphatic carbocycles. The van der Waals surface area contributed by atoms with Gasteiger partial charge in [0.05, 0.1) is 18.1 Å². The Labute approximate surface area is 270 Å². The number of allylic oxidation sites excluding steroid dienone is 1. The van der Waals surface area contributed by atoms with E-state index < -0.39 is 0 Å². The number of nitrogens with one attached hydrogen (secondary N) is 2.